The van der Waals surface area contributed by atoms with Gasteiger partial charge in [0.15, 0.2) is 0 Å². The van der Waals surface area contributed by atoms with Gasteiger partial charge in [0.25, 0.3) is 0 Å². The molecule has 1 heteroatoms. The van der Waals surface area contributed by atoms with Gasteiger partial charge in [-0.15, -0.1) is 0 Å². The number of para-hydroxylation sites is 1. The van der Waals surface area contributed by atoms with Crippen molar-refractivity contribution in [1.82, 2.24) is 0 Å². The molecule has 17 heavy (non-hydrogen) atoms. The van der Waals surface area contributed by atoms with Crippen LogP contribution in [0.25, 0.3) is 0 Å². The second-order valence-corrected chi connectivity index (χ2v) is 5.80. The molecule has 1 nitrogen and oxygen atoms in total. The predicted octanol–water partition coefficient (Wildman–Crippen LogP) is 4.09. The molecular formula is C16H23N. The zero-order valence-electron chi connectivity index (χ0n) is 10.8. The molecule has 2 aliphatic rings. The van der Waals surface area contributed by atoms with Crippen LogP contribution in [-0.2, 0) is 0 Å². The second kappa shape index (κ2) is 4.72. The Morgan fingerprint density at radius 2 is 1.71 bits per heavy atom. The fraction of sp³-hybridized carbons (Fsp3) is 0.625. The summed E-state index contributed by atoms with van der Waals surface area (Å²) in [5, 5.41) is 0. The summed E-state index contributed by atoms with van der Waals surface area (Å²) < 4.78 is 0. The van der Waals surface area contributed by atoms with Crippen molar-refractivity contribution in [2.45, 2.75) is 44.6 Å². The molecule has 1 aromatic rings. The van der Waals surface area contributed by atoms with E-state index < -0.39 is 0 Å². The van der Waals surface area contributed by atoms with Crippen LogP contribution >= 0.6 is 0 Å². The molecule has 0 spiro atoms. The lowest BCUT2D eigenvalue weighted by molar-refractivity contribution is 0.257. The average molecular weight is 229 g/mol. The van der Waals surface area contributed by atoms with Gasteiger partial charge in [0.2, 0.25) is 0 Å². The van der Waals surface area contributed by atoms with E-state index in [9.17, 15) is 0 Å². The van der Waals surface area contributed by atoms with Crippen LogP contribution in [-0.4, -0.2) is 13.1 Å². The molecule has 2 aliphatic carbocycles. The first-order valence-electron chi connectivity index (χ1n) is 7.14. The molecule has 0 aliphatic heterocycles. The number of hydrogen-bond acceptors (Lipinski definition) is 1. The summed E-state index contributed by atoms with van der Waals surface area (Å²) in [6.07, 6.45) is 8.76. The van der Waals surface area contributed by atoms with E-state index in [0.29, 0.717) is 0 Å². The Kier molecular flexibility index (Phi) is 3.09. The smallest absolute Gasteiger partial charge is 0.0366 e. The van der Waals surface area contributed by atoms with Crippen LogP contribution in [0.4, 0.5) is 5.69 Å². The summed E-state index contributed by atoms with van der Waals surface area (Å²) in [6.45, 7) is 0. The lowest BCUT2D eigenvalue weighted by atomic mass is 9.80. The van der Waals surface area contributed by atoms with E-state index in [1.54, 1.807) is 0 Å². The van der Waals surface area contributed by atoms with Crippen molar-refractivity contribution in [3.05, 3.63) is 30.3 Å². The highest BCUT2D eigenvalue weighted by Gasteiger charge is 2.39. The summed E-state index contributed by atoms with van der Waals surface area (Å²) in [4.78, 5) is 2.54. The van der Waals surface area contributed by atoms with Crippen molar-refractivity contribution in [3.8, 4) is 0 Å². The Morgan fingerprint density at radius 1 is 0.941 bits per heavy atom. The largest absolute Gasteiger partial charge is 0.371 e. The molecule has 1 aromatic carbocycles. The Labute approximate surface area is 105 Å². The zero-order chi connectivity index (χ0) is 11.7. The number of anilines is 1. The summed E-state index contributed by atoms with van der Waals surface area (Å²) >= 11 is 0. The monoisotopic (exact) mass is 229 g/mol. The highest BCUT2D eigenvalue weighted by Crippen LogP contribution is 2.44. The van der Waals surface area contributed by atoms with Crippen LogP contribution in [0.2, 0.25) is 0 Å². The van der Waals surface area contributed by atoms with E-state index in [1.165, 1.54) is 44.2 Å². The molecule has 3 atom stereocenters. The van der Waals surface area contributed by atoms with Crippen molar-refractivity contribution in [3.63, 3.8) is 0 Å². The molecule has 92 valence electrons. The minimum Gasteiger partial charge on any atom is -0.371 e. The Hall–Kier alpha value is -0.980. The van der Waals surface area contributed by atoms with Gasteiger partial charge in [-0.1, -0.05) is 37.5 Å². The van der Waals surface area contributed by atoms with E-state index in [1.807, 2.05) is 0 Å². The summed E-state index contributed by atoms with van der Waals surface area (Å²) in [5.41, 5.74) is 1.39. The van der Waals surface area contributed by atoms with Gasteiger partial charge in [-0.25, -0.2) is 0 Å². The Balaban J connectivity index is 1.76. The highest BCUT2D eigenvalue weighted by molar-refractivity contribution is 5.46. The topological polar surface area (TPSA) is 3.24 Å². The SMILES string of the molecule is CN(c1ccccc1)C1CCC2CCCCC21. The van der Waals surface area contributed by atoms with Crippen LogP contribution in [0.15, 0.2) is 30.3 Å². The van der Waals surface area contributed by atoms with Crippen LogP contribution in [0.5, 0.6) is 0 Å². The van der Waals surface area contributed by atoms with Crippen molar-refractivity contribution in [1.29, 1.82) is 0 Å². The van der Waals surface area contributed by atoms with Crippen LogP contribution in [0, 0.1) is 11.8 Å². The fourth-order valence-electron chi connectivity index (χ4n) is 4.04. The fourth-order valence-corrected chi connectivity index (χ4v) is 4.04. The molecule has 2 saturated carbocycles. The average Bonchev–Trinajstić information content (AvgIpc) is 2.83. The number of nitrogens with zero attached hydrogens (tertiary/aromatic N) is 1. The summed E-state index contributed by atoms with van der Waals surface area (Å²) in [6, 6.07) is 11.7. The van der Waals surface area contributed by atoms with Crippen LogP contribution < -0.4 is 4.90 Å². The molecule has 3 unspecified atom stereocenters. The van der Waals surface area contributed by atoms with Gasteiger partial charge < -0.3 is 4.90 Å². The summed E-state index contributed by atoms with van der Waals surface area (Å²) in [7, 11) is 2.29. The number of fused-ring (bicyclic) bond motifs is 1. The summed E-state index contributed by atoms with van der Waals surface area (Å²) in [5.74, 6) is 1.99. The van der Waals surface area contributed by atoms with Gasteiger partial charge in [0.05, 0.1) is 0 Å². The van der Waals surface area contributed by atoms with E-state index in [2.05, 4.69) is 42.3 Å². The first-order chi connectivity index (χ1) is 8.36. The van der Waals surface area contributed by atoms with Crippen LogP contribution in [0.3, 0.4) is 0 Å². The van der Waals surface area contributed by atoms with Crippen LogP contribution in [0.1, 0.15) is 38.5 Å². The maximum Gasteiger partial charge on any atom is 0.0366 e. The normalized spacial score (nSPS) is 32.2. The first-order valence-corrected chi connectivity index (χ1v) is 7.14. The quantitative estimate of drug-likeness (QED) is 0.738. The molecule has 3 rings (SSSR count). The molecule has 2 fully saturated rings. The van der Waals surface area contributed by atoms with E-state index >= 15 is 0 Å². The highest BCUT2D eigenvalue weighted by atomic mass is 15.1. The maximum absolute atomic E-state index is 2.54. The zero-order valence-corrected chi connectivity index (χ0v) is 10.8. The van der Waals surface area contributed by atoms with E-state index in [0.717, 1.165) is 17.9 Å². The molecule has 0 saturated heterocycles. The minimum absolute atomic E-state index is 0.794. The third-order valence-electron chi connectivity index (χ3n) is 4.96. The Morgan fingerprint density at radius 3 is 2.53 bits per heavy atom. The third kappa shape index (κ3) is 2.08. The van der Waals surface area contributed by atoms with Gasteiger partial charge in [-0.05, 0) is 43.2 Å². The molecule has 0 heterocycles. The van der Waals surface area contributed by atoms with Crippen molar-refractivity contribution in [2.75, 3.05) is 11.9 Å². The van der Waals surface area contributed by atoms with Gasteiger partial charge in [-0.3, -0.25) is 0 Å². The molecule has 0 bridgehead atoms. The minimum atomic E-state index is 0.794. The number of hydrogen-bond donors (Lipinski definition) is 0. The Bertz CT molecular complexity index is 359. The molecule has 0 aromatic heterocycles. The predicted molar refractivity (Wildman–Crippen MR) is 73.3 cm³/mol. The molecular weight excluding hydrogens is 206 g/mol. The third-order valence-corrected chi connectivity index (χ3v) is 4.96. The standard InChI is InChI=1S/C16H23N/c1-17(14-8-3-2-4-9-14)16-12-11-13-7-5-6-10-15(13)16/h2-4,8-9,13,15-16H,5-7,10-12H2,1H3. The van der Waals surface area contributed by atoms with Gasteiger partial charge >= 0.3 is 0 Å². The first kappa shape index (κ1) is 11.1. The van der Waals surface area contributed by atoms with Crippen molar-refractivity contribution < 1.29 is 0 Å². The lowest BCUT2D eigenvalue weighted by Crippen LogP contribution is -2.37. The molecule has 0 radical (unpaired) electrons. The van der Waals surface area contributed by atoms with Crippen molar-refractivity contribution >= 4 is 5.69 Å². The van der Waals surface area contributed by atoms with E-state index in [-0.39, 0.29) is 0 Å². The number of benzene rings is 1. The number of rotatable bonds is 2. The van der Waals surface area contributed by atoms with Gasteiger partial charge in [0.1, 0.15) is 0 Å². The lowest BCUT2D eigenvalue weighted by Gasteiger charge is -2.35. The second-order valence-electron chi connectivity index (χ2n) is 5.80. The van der Waals surface area contributed by atoms with E-state index in [4.69, 9.17) is 0 Å². The maximum atomic E-state index is 2.54. The van der Waals surface area contributed by atoms with Gasteiger partial charge in [0, 0.05) is 18.8 Å². The molecule has 0 amide bonds. The molecule has 0 N–H and O–H groups in total. The van der Waals surface area contributed by atoms with Crippen molar-refractivity contribution in [2.24, 2.45) is 11.8 Å². The van der Waals surface area contributed by atoms with Gasteiger partial charge in [-0.2, -0.15) is 0 Å².